The highest BCUT2D eigenvalue weighted by atomic mass is 32.2. The highest BCUT2D eigenvalue weighted by Gasteiger charge is 2.30. The number of phenolic OH excluding ortho intramolecular Hbond substituents is 1. The number of rotatable bonds is 9. The highest BCUT2D eigenvalue weighted by molar-refractivity contribution is 7.99. The number of aryl methyl sites for hydroxylation is 1. The zero-order chi connectivity index (χ0) is 27.2. The lowest BCUT2D eigenvalue weighted by atomic mass is 10.1. The number of aromatic hydroxyl groups is 1. The summed E-state index contributed by atoms with van der Waals surface area (Å²) in [6.07, 6.45) is -3.39. The van der Waals surface area contributed by atoms with Crippen molar-refractivity contribution < 1.29 is 36.2 Å². The number of carbonyl (C=O) groups excluding carboxylic acids is 1. The molecule has 0 aliphatic heterocycles. The van der Waals surface area contributed by atoms with E-state index in [4.69, 9.17) is 0 Å². The summed E-state index contributed by atoms with van der Waals surface area (Å²) in [5.41, 5.74) is 1.91. The second-order valence-electron chi connectivity index (χ2n) is 7.91. The normalized spacial score (nSPS) is 11.5. The summed E-state index contributed by atoms with van der Waals surface area (Å²) >= 11 is 1.39. The molecule has 3 aromatic carbocycles. The number of hydrogen-bond acceptors (Lipinski definition) is 7. The van der Waals surface area contributed by atoms with Crippen molar-refractivity contribution >= 4 is 33.2 Å². The van der Waals surface area contributed by atoms with Crippen molar-refractivity contribution in [1.82, 2.24) is 0 Å². The molecule has 0 saturated heterocycles. The van der Waals surface area contributed by atoms with Gasteiger partial charge in [0.05, 0.1) is 12.0 Å². The average Bonchev–Trinajstić information content (AvgIpc) is 2.80. The number of carbonyl (C=O) groups is 1. The molecule has 0 fully saturated rings. The minimum absolute atomic E-state index is 0.145. The summed E-state index contributed by atoms with van der Waals surface area (Å²) in [6.45, 7) is 0. The molecule has 7 nitrogen and oxygen atoms in total. The van der Waals surface area contributed by atoms with Crippen LogP contribution in [0, 0.1) is 11.3 Å². The van der Waals surface area contributed by atoms with Crippen molar-refractivity contribution in [2.75, 3.05) is 17.3 Å². The number of phenols is 1. The number of hydrogen-bond donors (Lipinski definition) is 2. The number of ether oxygens (including phenoxy) is 1. The fraction of sp³-hybridized carbons (Fsp3) is 0.200. The third-order valence-electron chi connectivity index (χ3n) is 4.98. The summed E-state index contributed by atoms with van der Waals surface area (Å²) in [5.74, 6) is -0.573. The number of nitriles is 1. The number of alkyl halides is 3. The van der Waals surface area contributed by atoms with Crippen LogP contribution in [0.4, 0.5) is 18.9 Å². The van der Waals surface area contributed by atoms with Gasteiger partial charge in [-0.2, -0.15) is 5.26 Å². The summed E-state index contributed by atoms with van der Waals surface area (Å²) in [7, 11) is -3.67. The van der Waals surface area contributed by atoms with Crippen LogP contribution in [0.25, 0.3) is 0 Å². The van der Waals surface area contributed by atoms with Gasteiger partial charge >= 0.3 is 6.36 Å². The number of benzene rings is 3. The maximum Gasteiger partial charge on any atom is 0.573 e. The fourth-order valence-corrected chi connectivity index (χ4v) is 5.11. The Kier molecular flexibility index (Phi) is 8.73. The smallest absolute Gasteiger partial charge is 0.507 e. The molecule has 3 rings (SSSR count). The van der Waals surface area contributed by atoms with Gasteiger partial charge in [-0.1, -0.05) is 18.2 Å². The van der Waals surface area contributed by atoms with Gasteiger partial charge in [-0.3, -0.25) is 4.79 Å². The number of anilines is 1. The monoisotopic (exact) mass is 550 g/mol. The molecule has 0 aliphatic carbocycles. The van der Waals surface area contributed by atoms with E-state index in [1.165, 1.54) is 48.2 Å². The van der Waals surface area contributed by atoms with Crippen molar-refractivity contribution in [3.05, 3.63) is 77.4 Å². The molecule has 0 heterocycles. The number of amides is 1. The molecule has 194 valence electrons. The van der Waals surface area contributed by atoms with E-state index in [0.29, 0.717) is 33.9 Å². The first-order valence-electron chi connectivity index (χ1n) is 10.7. The van der Waals surface area contributed by atoms with E-state index in [-0.39, 0.29) is 17.1 Å². The zero-order valence-corrected chi connectivity index (χ0v) is 21.0. The van der Waals surface area contributed by atoms with E-state index in [1.54, 1.807) is 24.3 Å². The lowest BCUT2D eigenvalue weighted by Crippen LogP contribution is -2.17. The molecule has 0 aromatic heterocycles. The largest absolute Gasteiger partial charge is 0.573 e. The number of nitrogens with one attached hydrogen (secondary N) is 1. The Morgan fingerprint density at radius 1 is 1.08 bits per heavy atom. The van der Waals surface area contributed by atoms with Gasteiger partial charge in [0, 0.05) is 22.6 Å². The van der Waals surface area contributed by atoms with Crippen molar-refractivity contribution in [3.8, 4) is 17.6 Å². The van der Waals surface area contributed by atoms with Gasteiger partial charge in [0.25, 0.3) is 0 Å². The van der Waals surface area contributed by atoms with Crippen LogP contribution in [0.5, 0.6) is 11.5 Å². The Balaban J connectivity index is 1.58. The van der Waals surface area contributed by atoms with E-state index in [2.05, 4.69) is 16.1 Å². The van der Waals surface area contributed by atoms with E-state index in [9.17, 15) is 36.8 Å². The molecule has 12 heteroatoms. The highest BCUT2D eigenvalue weighted by Crippen LogP contribution is 2.28. The molecule has 0 aliphatic rings. The van der Waals surface area contributed by atoms with Gasteiger partial charge in [-0.25, -0.2) is 8.42 Å². The van der Waals surface area contributed by atoms with Gasteiger partial charge in [-0.15, -0.1) is 24.9 Å². The van der Waals surface area contributed by atoms with Crippen LogP contribution in [0.2, 0.25) is 0 Å². The predicted octanol–water partition coefficient (Wildman–Crippen LogP) is 5.08. The minimum atomic E-state index is -4.75. The Labute approximate surface area is 215 Å². The Bertz CT molecular complexity index is 1430. The first kappa shape index (κ1) is 27.9. The third-order valence-corrected chi connectivity index (χ3v) is 7.18. The molecule has 0 radical (unpaired) electrons. The number of thioether (sulfide) groups is 1. The third kappa shape index (κ3) is 8.44. The lowest BCUT2D eigenvalue weighted by molar-refractivity contribution is -0.274. The van der Waals surface area contributed by atoms with Crippen LogP contribution in [-0.2, 0) is 27.5 Å². The minimum Gasteiger partial charge on any atom is -0.507 e. The summed E-state index contributed by atoms with van der Waals surface area (Å²) in [4.78, 5) is 12.9. The van der Waals surface area contributed by atoms with E-state index in [1.807, 2.05) is 0 Å². The molecule has 2 N–H and O–H groups in total. The second kappa shape index (κ2) is 11.6. The molecule has 0 atom stereocenters. The van der Waals surface area contributed by atoms with Crippen LogP contribution in [0.1, 0.15) is 16.7 Å². The molecular weight excluding hydrogens is 529 g/mol. The van der Waals surface area contributed by atoms with Crippen LogP contribution >= 0.6 is 11.8 Å². The van der Waals surface area contributed by atoms with Gasteiger partial charge < -0.3 is 15.2 Å². The summed E-state index contributed by atoms with van der Waals surface area (Å²) in [6, 6.07) is 16.4. The van der Waals surface area contributed by atoms with Gasteiger partial charge in [0.1, 0.15) is 22.5 Å². The molecule has 3 aromatic rings. The Morgan fingerprint density at radius 2 is 1.76 bits per heavy atom. The molecular formula is C25H21F3N2O5S2. The zero-order valence-electron chi connectivity index (χ0n) is 19.4. The molecule has 0 spiro atoms. The lowest BCUT2D eigenvalue weighted by Gasteiger charge is -2.10. The van der Waals surface area contributed by atoms with Gasteiger partial charge in [0.15, 0.2) is 9.84 Å². The number of halogens is 3. The summed E-state index contributed by atoms with van der Waals surface area (Å²) < 4.78 is 64.2. The average molecular weight is 551 g/mol. The van der Waals surface area contributed by atoms with Crippen LogP contribution in [0.3, 0.4) is 0 Å². The standard InChI is InChI=1S/C25H21F3N2O5S2/c1-37(33,34)23-12-17(4-8-21(23)31)13-24(32)30-19-5-9-22(18(14-19)15-29)36-11-10-16-2-6-20(7-3-16)35-25(26,27)28/h2-9,12,14,31H,10-11,13H2,1H3,(H,30,32). The second-order valence-corrected chi connectivity index (χ2v) is 11.0. The Morgan fingerprint density at radius 3 is 2.38 bits per heavy atom. The quantitative estimate of drug-likeness (QED) is 0.357. The van der Waals surface area contributed by atoms with Crippen LogP contribution < -0.4 is 10.1 Å². The first-order chi connectivity index (χ1) is 17.3. The maximum atomic E-state index is 12.5. The van der Waals surface area contributed by atoms with E-state index in [0.717, 1.165) is 11.8 Å². The van der Waals surface area contributed by atoms with Crippen LogP contribution in [0.15, 0.2) is 70.5 Å². The van der Waals surface area contributed by atoms with Gasteiger partial charge in [0.2, 0.25) is 5.91 Å². The number of nitrogens with zero attached hydrogens (tertiary/aromatic N) is 1. The Hall–Kier alpha value is -3.69. The molecule has 0 saturated carbocycles. The molecule has 37 heavy (non-hydrogen) atoms. The SMILES string of the molecule is CS(=O)(=O)c1cc(CC(=O)Nc2ccc(SCCc3ccc(OC(F)(F)F)cc3)c(C#N)c2)ccc1O. The molecule has 0 bridgehead atoms. The van der Waals surface area contributed by atoms with Crippen molar-refractivity contribution in [2.24, 2.45) is 0 Å². The maximum absolute atomic E-state index is 12.5. The first-order valence-corrected chi connectivity index (χ1v) is 13.6. The summed E-state index contributed by atoms with van der Waals surface area (Å²) in [5, 5.41) is 21.9. The van der Waals surface area contributed by atoms with Gasteiger partial charge in [-0.05, 0) is 60.0 Å². The van der Waals surface area contributed by atoms with Crippen LogP contribution in [-0.4, -0.2) is 37.8 Å². The molecule has 0 unspecified atom stereocenters. The fourth-order valence-electron chi connectivity index (χ4n) is 3.31. The van der Waals surface area contributed by atoms with E-state index >= 15 is 0 Å². The predicted molar refractivity (Wildman–Crippen MR) is 132 cm³/mol. The topological polar surface area (TPSA) is 116 Å². The van der Waals surface area contributed by atoms with Crippen molar-refractivity contribution in [1.29, 1.82) is 5.26 Å². The number of sulfone groups is 1. The van der Waals surface area contributed by atoms with Crippen molar-refractivity contribution in [2.45, 2.75) is 29.0 Å². The van der Waals surface area contributed by atoms with Crippen molar-refractivity contribution in [3.63, 3.8) is 0 Å². The van der Waals surface area contributed by atoms with E-state index < -0.39 is 27.9 Å². The molecule has 1 amide bonds.